The van der Waals surface area contributed by atoms with Crippen LogP contribution in [0, 0.1) is 6.92 Å². The maximum Gasteiger partial charge on any atom is 0.257 e. The Morgan fingerprint density at radius 1 is 1.24 bits per heavy atom. The SMILES string of the molecule is Cc1cccc(OCC(=O)NCCCc2ccccn2)c1. The summed E-state index contributed by atoms with van der Waals surface area (Å²) in [7, 11) is 0. The molecule has 0 saturated heterocycles. The van der Waals surface area contributed by atoms with E-state index in [0.29, 0.717) is 6.54 Å². The highest BCUT2D eigenvalue weighted by Gasteiger charge is 2.02. The predicted molar refractivity (Wildman–Crippen MR) is 82.2 cm³/mol. The lowest BCUT2D eigenvalue weighted by Gasteiger charge is -2.08. The number of nitrogens with one attached hydrogen (secondary N) is 1. The van der Waals surface area contributed by atoms with Gasteiger partial charge in [-0.2, -0.15) is 0 Å². The number of hydrogen-bond acceptors (Lipinski definition) is 3. The summed E-state index contributed by atoms with van der Waals surface area (Å²) in [6, 6.07) is 13.5. The molecule has 2 aromatic rings. The monoisotopic (exact) mass is 284 g/mol. The van der Waals surface area contributed by atoms with Gasteiger partial charge in [0.15, 0.2) is 6.61 Å². The molecule has 1 aromatic carbocycles. The Morgan fingerprint density at radius 2 is 2.14 bits per heavy atom. The fourth-order valence-electron chi connectivity index (χ4n) is 1.95. The summed E-state index contributed by atoms with van der Waals surface area (Å²) in [5, 5.41) is 2.85. The van der Waals surface area contributed by atoms with Crippen molar-refractivity contribution in [1.29, 1.82) is 0 Å². The molecular weight excluding hydrogens is 264 g/mol. The van der Waals surface area contributed by atoms with E-state index in [1.807, 2.05) is 49.4 Å². The molecule has 0 fully saturated rings. The second-order valence-corrected chi connectivity index (χ2v) is 4.88. The van der Waals surface area contributed by atoms with Crippen LogP contribution in [0.1, 0.15) is 17.7 Å². The minimum absolute atomic E-state index is 0.0487. The standard InChI is InChI=1S/C17H20N2O2/c1-14-6-4-9-16(12-14)21-13-17(20)19-11-5-8-15-7-2-3-10-18-15/h2-4,6-7,9-10,12H,5,8,11,13H2,1H3,(H,19,20). The molecular formula is C17H20N2O2. The average molecular weight is 284 g/mol. The first-order valence-corrected chi connectivity index (χ1v) is 7.10. The number of ether oxygens (including phenoxy) is 1. The molecule has 4 heteroatoms. The molecule has 0 bridgehead atoms. The molecule has 0 unspecified atom stereocenters. The van der Waals surface area contributed by atoms with Gasteiger partial charge in [-0.3, -0.25) is 9.78 Å². The zero-order valence-electron chi connectivity index (χ0n) is 12.2. The summed E-state index contributed by atoms with van der Waals surface area (Å²) in [5.74, 6) is 0.621. The quantitative estimate of drug-likeness (QED) is 0.795. The number of aromatic nitrogens is 1. The highest BCUT2D eigenvalue weighted by molar-refractivity contribution is 5.77. The van der Waals surface area contributed by atoms with Crippen LogP contribution in [0.4, 0.5) is 0 Å². The lowest BCUT2D eigenvalue weighted by Crippen LogP contribution is -2.29. The predicted octanol–water partition coefficient (Wildman–Crippen LogP) is 2.52. The average Bonchev–Trinajstić information content (AvgIpc) is 2.51. The second-order valence-electron chi connectivity index (χ2n) is 4.88. The van der Waals surface area contributed by atoms with Gasteiger partial charge in [0.2, 0.25) is 0 Å². The van der Waals surface area contributed by atoms with Gasteiger partial charge in [-0.1, -0.05) is 18.2 Å². The molecule has 0 aliphatic carbocycles. The number of amides is 1. The summed E-state index contributed by atoms with van der Waals surface area (Å²) < 4.78 is 5.44. The minimum Gasteiger partial charge on any atom is -0.484 e. The van der Waals surface area contributed by atoms with Gasteiger partial charge < -0.3 is 10.1 Å². The third-order valence-corrected chi connectivity index (χ3v) is 3.02. The van der Waals surface area contributed by atoms with Crippen LogP contribution in [0.3, 0.4) is 0 Å². The van der Waals surface area contributed by atoms with Crippen LogP contribution in [0.5, 0.6) is 5.75 Å². The Hall–Kier alpha value is -2.36. The number of nitrogens with zero attached hydrogens (tertiary/aromatic N) is 1. The molecule has 0 aliphatic heterocycles. The van der Waals surface area contributed by atoms with Crippen molar-refractivity contribution in [1.82, 2.24) is 10.3 Å². The number of rotatable bonds is 7. The number of carbonyl (C=O) groups is 1. The van der Waals surface area contributed by atoms with Crippen molar-refractivity contribution >= 4 is 5.91 Å². The van der Waals surface area contributed by atoms with Crippen LogP contribution >= 0.6 is 0 Å². The van der Waals surface area contributed by atoms with Crippen LogP contribution in [0.25, 0.3) is 0 Å². The zero-order valence-corrected chi connectivity index (χ0v) is 12.2. The number of carbonyl (C=O) groups excluding carboxylic acids is 1. The molecule has 1 N–H and O–H groups in total. The smallest absolute Gasteiger partial charge is 0.257 e. The molecule has 1 heterocycles. The molecule has 0 spiro atoms. The number of aryl methyl sites for hydroxylation is 2. The Kier molecular flexibility index (Phi) is 5.76. The van der Waals surface area contributed by atoms with Crippen molar-refractivity contribution < 1.29 is 9.53 Å². The highest BCUT2D eigenvalue weighted by Crippen LogP contribution is 2.11. The molecule has 1 amide bonds. The largest absolute Gasteiger partial charge is 0.484 e. The Labute approximate surface area is 125 Å². The molecule has 2 rings (SSSR count). The molecule has 110 valence electrons. The van der Waals surface area contributed by atoms with E-state index >= 15 is 0 Å². The first-order valence-electron chi connectivity index (χ1n) is 7.10. The van der Waals surface area contributed by atoms with Gasteiger partial charge in [0.25, 0.3) is 5.91 Å². The first kappa shape index (κ1) is 15.0. The fourth-order valence-corrected chi connectivity index (χ4v) is 1.95. The van der Waals surface area contributed by atoms with Crippen LogP contribution in [-0.2, 0) is 11.2 Å². The molecule has 1 aromatic heterocycles. The molecule has 4 nitrogen and oxygen atoms in total. The van der Waals surface area contributed by atoms with Crippen molar-refractivity contribution in [3.8, 4) is 5.75 Å². The number of benzene rings is 1. The van der Waals surface area contributed by atoms with Gasteiger partial charge in [-0.05, 0) is 49.6 Å². The molecule has 21 heavy (non-hydrogen) atoms. The topological polar surface area (TPSA) is 51.2 Å². The summed E-state index contributed by atoms with van der Waals surface area (Å²) in [6.07, 6.45) is 3.51. The van der Waals surface area contributed by atoms with E-state index in [4.69, 9.17) is 4.74 Å². The van der Waals surface area contributed by atoms with Gasteiger partial charge in [0, 0.05) is 18.4 Å². The molecule has 0 saturated carbocycles. The molecule has 0 radical (unpaired) electrons. The van der Waals surface area contributed by atoms with Gasteiger partial charge in [-0.15, -0.1) is 0 Å². The van der Waals surface area contributed by atoms with E-state index in [9.17, 15) is 4.79 Å². The number of pyridine rings is 1. The normalized spacial score (nSPS) is 10.1. The fraction of sp³-hybridized carbons (Fsp3) is 0.294. The Balaban J connectivity index is 1.62. The van der Waals surface area contributed by atoms with Crippen molar-refractivity contribution in [3.05, 3.63) is 59.9 Å². The van der Waals surface area contributed by atoms with Crippen molar-refractivity contribution in [2.45, 2.75) is 19.8 Å². The van der Waals surface area contributed by atoms with Crippen LogP contribution in [0.15, 0.2) is 48.7 Å². The maximum atomic E-state index is 11.7. The Morgan fingerprint density at radius 3 is 2.90 bits per heavy atom. The van der Waals surface area contributed by atoms with Gasteiger partial charge in [-0.25, -0.2) is 0 Å². The van der Waals surface area contributed by atoms with E-state index in [1.54, 1.807) is 6.20 Å². The van der Waals surface area contributed by atoms with E-state index in [-0.39, 0.29) is 12.5 Å². The summed E-state index contributed by atoms with van der Waals surface area (Å²) in [6.45, 7) is 2.67. The van der Waals surface area contributed by atoms with Crippen molar-refractivity contribution in [2.24, 2.45) is 0 Å². The van der Waals surface area contributed by atoms with Gasteiger partial charge >= 0.3 is 0 Å². The summed E-state index contributed by atoms with van der Waals surface area (Å²) in [4.78, 5) is 15.9. The third-order valence-electron chi connectivity index (χ3n) is 3.02. The van der Waals surface area contributed by atoms with Crippen molar-refractivity contribution in [2.75, 3.05) is 13.2 Å². The van der Waals surface area contributed by atoms with E-state index in [1.165, 1.54) is 0 Å². The van der Waals surface area contributed by atoms with E-state index in [2.05, 4.69) is 10.3 Å². The van der Waals surface area contributed by atoms with Crippen LogP contribution < -0.4 is 10.1 Å². The minimum atomic E-state index is -0.0995. The first-order chi connectivity index (χ1) is 10.2. The third kappa shape index (κ3) is 5.65. The summed E-state index contributed by atoms with van der Waals surface area (Å²) in [5.41, 5.74) is 2.16. The lowest BCUT2D eigenvalue weighted by atomic mass is 10.2. The lowest BCUT2D eigenvalue weighted by molar-refractivity contribution is -0.123. The molecule has 0 atom stereocenters. The maximum absolute atomic E-state index is 11.7. The Bertz CT molecular complexity index is 570. The summed E-state index contributed by atoms with van der Waals surface area (Å²) >= 11 is 0. The van der Waals surface area contributed by atoms with E-state index < -0.39 is 0 Å². The van der Waals surface area contributed by atoms with Crippen molar-refractivity contribution in [3.63, 3.8) is 0 Å². The van der Waals surface area contributed by atoms with Crippen LogP contribution in [0.2, 0.25) is 0 Å². The second kappa shape index (κ2) is 8.04. The highest BCUT2D eigenvalue weighted by atomic mass is 16.5. The zero-order chi connectivity index (χ0) is 14.9. The van der Waals surface area contributed by atoms with E-state index in [0.717, 1.165) is 29.8 Å². The number of hydrogen-bond donors (Lipinski definition) is 1. The van der Waals surface area contributed by atoms with Gasteiger partial charge in [0.1, 0.15) is 5.75 Å². The van der Waals surface area contributed by atoms with Gasteiger partial charge in [0.05, 0.1) is 0 Å². The van der Waals surface area contributed by atoms with Crippen LogP contribution in [-0.4, -0.2) is 24.0 Å². The molecule has 0 aliphatic rings.